The minimum Gasteiger partial charge on any atom is -0.375 e. The molecule has 1 amide bonds. The van der Waals surface area contributed by atoms with Crippen LogP contribution < -0.4 is 11.1 Å². The van der Waals surface area contributed by atoms with Crippen LogP contribution in [0.4, 0.5) is 5.13 Å². The number of rotatable bonds is 3. The molecule has 1 atom stereocenters. The van der Waals surface area contributed by atoms with Crippen LogP contribution in [-0.2, 0) is 11.2 Å². The van der Waals surface area contributed by atoms with Crippen molar-refractivity contribution in [1.29, 1.82) is 0 Å². The van der Waals surface area contributed by atoms with Gasteiger partial charge in [-0.05, 0) is 6.92 Å². The molecule has 0 aliphatic carbocycles. The predicted molar refractivity (Wildman–Crippen MR) is 56.7 cm³/mol. The Balaban J connectivity index is 2.46. The second kappa shape index (κ2) is 4.63. The number of terminal acetylenes is 1. The van der Waals surface area contributed by atoms with Gasteiger partial charge in [0, 0.05) is 5.38 Å². The van der Waals surface area contributed by atoms with Crippen molar-refractivity contribution in [3.8, 4) is 12.3 Å². The number of nitrogens with zero attached hydrogens (tertiary/aromatic N) is 1. The zero-order valence-electron chi connectivity index (χ0n) is 7.78. The molecule has 1 aromatic heterocycles. The number of nitrogens with two attached hydrogens (primary N) is 1. The van der Waals surface area contributed by atoms with Crippen molar-refractivity contribution in [2.75, 3.05) is 5.73 Å². The lowest BCUT2D eigenvalue weighted by Crippen LogP contribution is -2.32. The molecule has 1 unspecified atom stereocenters. The van der Waals surface area contributed by atoms with Crippen molar-refractivity contribution in [3.63, 3.8) is 0 Å². The molecule has 5 heteroatoms. The van der Waals surface area contributed by atoms with Gasteiger partial charge in [0.25, 0.3) is 0 Å². The maximum absolute atomic E-state index is 11.3. The summed E-state index contributed by atoms with van der Waals surface area (Å²) in [5.41, 5.74) is 6.10. The molecular formula is C9H11N3OS. The number of thiazole rings is 1. The topological polar surface area (TPSA) is 68.0 Å². The van der Waals surface area contributed by atoms with E-state index in [2.05, 4.69) is 16.2 Å². The maximum atomic E-state index is 11.3. The highest BCUT2D eigenvalue weighted by atomic mass is 32.1. The van der Waals surface area contributed by atoms with Gasteiger partial charge >= 0.3 is 0 Å². The second-order valence-electron chi connectivity index (χ2n) is 2.81. The fraction of sp³-hybridized carbons (Fsp3) is 0.333. The summed E-state index contributed by atoms with van der Waals surface area (Å²) in [4.78, 5) is 15.3. The molecule has 0 saturated carbocycles. The van der Waals surface area contributed by atoms with Crippen LogP contribution in [0.1, 0.15) is 12.6 Å². The molecule has 1 rings (SSSR count). The molecule has 3 N–H and O–H groups in total. The van der Waals surface area contributed by atoms with Crippen LogP contribution in [0.25, 0.3) is 0 Å². The first-order chi connectivity index (χ1) is 6.61. The fourth-order valence-corrected chi connectivity index (χ4v) is 1.47. The zero-order chi connectivity index (χ0) is 10.6. The quantitative estimate of drug-likeness (QED) is 0.708. The van der Waals surface area contributed by atoms with Crippen LogP contribution >= 0.6 is 11.3 Å². The van der Waals surface area contributed by atoms with E-state index in [0.29, 0.717) is 10.8 Å². The van der Waals surface area contributed by atoms with E-state index in [1.807, 2.05) is 0 Å². The van der Waals surface area contributed by atoms with Crippen LogP contribution in [-0.4, -0.2) is 16.9 Å². The van der Waals surface area contributed by atoms with Gasteiger partial charge in [-0.2, -0.15) is 0 Å². The van der Waals surface area contributed by atoms with Crippen LogP contribution in [0, 0.1) is 12.3 Å². The molecular weight excluding hydrogens is 198 g/mol. The Labute approximate surface area is 86.5 Å². The largest absolute Gasteiger partial charge is 0.375 e. The standard InChI is InChI=1S/C9H11N3OS/c1-3-6(2)11-8(13)4-7-5-14-9(10)12-7/h1,5-6H,4H2,2H3,(H2,10,12)(H,11,13). The smallest absolute Gasteiger partial charge is 0.227 e. The van der Waals surface area contributed by atoms with Gasteiger partial charge in [-0.1, -0.05) is 5.92 Å². The third kappa shape index (κ3) is 3.07. The normalized spacial score (nSPS) is 11.7. The van der Waals surface area contributed by atoms with E-state index < -0.39 is 0 Å². The Bertz CT molecular complexity index is 366. The highest BCUT2D eigenvalue weighted by molar-refractivity contribution is 7.13. The Morgan fingerprint density at radius 1 is 1.93 bits per heavy atom. The number of nitrogen functional groups attached to an aromatic ring is 1. The van der Waals surface area contributed by atoms with E-state index in [1.54, 1.807) is 12.3 Å². The van der Waals surface area contributed by atoms with Crippen molar-refractivity contribution in [3.05, 3.63) is 11.1 Å². The SMILES string of the molecule is C#CC(C)NC(=O)Cc1csc(N)n1. The lowest BCUT2D eigenvalue weighted by Gasteiger charge is -2.05. The molecule has 0 aliphatic rings. The van der Waals surface area contributed by atoms with Crippen molar-refractivity contribution in [2.24, 2.45) is 0 Å². The molecule has 0 aliphatic heterocycles. The molecule has 4 nitrogen and oxygen atoms in total. The van der Waals surface area contributed by atoms with Gasteiger partial charge in [0.1, 0.15) is 0 Å². The van der Waals surface area contributed by atoms with Crippen LogP contribution in [0.15, 0.2) is 5.38 Å². The summed E-state index contributed by atoms with van der Waals surface area (Å²) in [5.74, 6) is 2.27. The number of carbonyl (C=O) groups is 1. The van der Waals surface area contributed by atoms with Crippen molar-refractivity contribution < 1.29 is 4.79 Å². The number of anilines is 1. The summed E-state index contributed by atoms with van der Waals surface area (Å²) in [6.07, 6.45) is 5.34. The summed E-state index contributed by atoms with van der Waals surface area (Å²) in [6.45, 7) is 1.74. The summed E-state index contributed by atoms with van der Waals surface area (Å²) in [5, 5.41) is 4.87. The lowest BCUT2D eigenvalue weighted by atomic mass is 10.3. The van der Waals surface area contributed by atoms with E-state index in [-0.39, 0.29) is 18.4 Å². The first-order valence-corrected chi connectivity index (χ1v) is 4.95. The molecule has 74 valence electrons. The Hall–Kier alpha value is -1.54. The molecule has 0 aromatic carbocycles. The number of nitrogens with one attached hydrogen (secondary N) is 1. The second-order valence-corrected chi connectivity index (χ2v) is 3.70. The molecule has 0 bridgehead atoms. The molecule has 1 heterocycles. The number of carbonyl (C=O) groups excluding carboxylic acids is 1. The number of hydrogen-bond donors (Lipinski definition) is 2. The lowest BCUT2D eigenvalue weighted by molar-refractivity contribution is -0.120. The molecule has 0 radical (unpaired) electrons. The molecule has 1 aromatic rings. The fourth-order valence-electron chi connectivity index (χ4n) is 0.903. The molecule has 0 spiro atoms. The van der Waals surface area contributed by atoms with E-state index in [0.717, 1.165) is 0 Å². The minimum absolute atomic E-state index is 0.138. The van der Waals surface area contributed by atoms with Gasteiger partial charge < -0.3 is 11.1 Å². The maximum Gasteiger partial charge on any atom is 0.227 e. The minimum atomic E-state index is -0.251. The first kappa shape index (κ1) is 10.5. The highest BCUT2D eigenvalue weighted by Gasteiger charge is 2.07. The van der Waals surface area contributed by atoms with E-state index in [4.69, 9.17) is 12.2 Å². The summed E-state index contributed by atoms with van der Waals surface area (Å²) in [6, 6.07) is -0.251. The number of aromatic nitrogens is 1. The van der Waals surface area contributed by atoms with Crippen molar-refractivity contribution >= 4 is 22.4 Å². The van der Waals surface area contributed by atoms with Crippen molar-refractivity contribution in [1.82, 2.24) is 10.3 Å². The molecule has 14 heavy (non-hydrogen) atoms. The van der Waals surface area contributed by atoms with Gasteiger partial charge in [0.05, 0.1) is 18.2 Å². The summed E-state index contributed by atoms with van der Waals surface area (Å²) in [7, 11) is 0. The number of hydrogen-bond acceptors (Lipinski definition) is 4. The summed E-state index contributed by atoms with van der Waals surface area (Å²) >= 11 is 1.32. The van der Waals surface area contributed by atoms with Gasteiger partial charge in [0.15, 0.2) is 5.13 Å². The van der Waals surface area contributed by atoms with Gasteiger partial charge in [-0.25, -0.2) is 4.98 Å². The van der Waals surface area contributed by atoms with Crippen LogP contribution in [0.2, 0.25) is 0 Å². The predicted octanol–water partition coefficient (Wildman–Crippen LogP) is 0.406. The Morgan fingerprint density at radius 2 is 2.64 bits per heavy atom. The Morgan fingerprint density at radius 3 is 3.14 bits per heavy atom. The third-order valence-electron chi connectivity index (χ3n) is 1.54. The van der Waals surface area contributed by atoms with Crippen molar-refractivity contribution in [2.45, 2.75) is 19.4 Å². The van der Waals surface area contributed by atoms with Gasteiger partial charge in [0.2, 0.25) is 5.91 Å². The van der Waals surface area contributed by atoms with E-state index >= 15 is 0 Å². The number of amides is 1. The van der Waals surface area contributed by atoms with E-state index in [9.17, 15) is 4.79 Å². The monoisotopic (exact) mass is 209 g/mol. The average Bonchev–Trinajstić information content (AvgIpc) is 2.50. The van der Waals surface area contributed by atoms with Crippen LogP contribution in [0.5, 0.6) is 0 Å². The van der Waals surface area contributed by atoms with Gasteiger partial charge in [-0.15, -0.1) is 17.8 Å². The van der Waals surface area contributed by atoms with Crippen LogP contribution in [0.3, 0.4) is 0 Å². The first-order valence-electron chi connectivity index (χ1n) is 4.07. The highest BCUT2D eigenvalue weighted by Crippen LogP contribution is 2.11. The molecule has 0 saturated heterocycles. The van der Waals surface area contributed by atoms with E-state index in [1.165, 1.54) is 11.3 Å². The zero-order valence-corrected chi connectivity index (χ0v) is 8.60. The summed E-state index contributed by atoms with van der Waals surface area (Å²) < 4.78 is 0. The van der Waals surface area contributed by atoms with Gasteiger partial charge in [-0.3, -0.25) is 4.79 Å². The third-order valence-corrected chi connectivity index (χ3v) is 2.26. The average molecular weight is 209 g/mol. The molecule has 0 fully saturated rings. The Kier molecular flexibility index (Phi) is 3.48.